The van der Waals surface area contributed by atoms with Gasteiger partial charge in [-0.1, -0.05) is 6.07 Å². The summed E-state index contributed by atoms with van der Waals surface area (Å²) in [6.07, 6.45) is 6.85. The highest BCUT2D eigenvalue weighted by atomic mass is 16.2. The van der Waals surface area contributed by atoms with E-state index in [4.69, 9.17) is 0 Å². The van der Waals surface area contributed by atoms with Gasteiger partial charge in [-0.05, 0) is 56.7 Å². The van der Waals surface area contributed by atoms with Gasteiger partial charge in [-0.3, -0.25) is 9.89 Å². The number of aromatic amines is 1. The molecule has 3 aromatic heterocycles. The molecule has 1 atom stereocenters. The van der Waals surface area contributed by atoms with Gasteiger partial charge < -0.3 is 9.30 Å². The fourth-order valence-electron chi connectivity index (χ4n) is 3.70. The lowest BCUT2D eigenvalue weighted by Crippen LogP contribution is -2.40. The Morgan fingerprint density at radius 1 is 1.36 bits per heavy atom. The number of aromatic nitrogens is 4. The van der Waals surface area contributed by atoms with E-state index in [9.17, 15) is 4.79 Å². The highest BCUT2D eigenvalue weighted by Crippen LogP contribution is 2.23. The molecule has 0 aliphatic carbocycles. The molecule has 1 aliphatic rings. The van der Waals surface area contributed by atoms with Crippen LogP contribution < -0.4 is 0 Å². The van der Waals surface area contributed by atoms with E-state index in [1.54, 1.807) is 0 Å². The maximum atomic E-state index is 12.9. The van der Waals surface area contributed by atoms with E-state index < -0.39 is 0 Å². The molecule has 1 aliphatic heterocycles. The van der Waals surface area contributed by atoms with Crippen LogP contribution in [-0.4, -0.2) is 43.5 Å². The van der Waals surface area contributed by atoms with E-state index in [2.05, 4.69) is 22.1 Å². The number of nitrogens with one attached hydrogen (secondary N) is 1. The van der Waals surface area contributed by atoms with Gasteiger partial charge in [0.15, 0.2) is 0 Å². The molecular formula is C19H23N5O. The van der Waals surface area contributed by atoms with Crippen LogP contribution in [0.2, 0.25) is 0 Å². The first-order valence-electron chi connectivity index (χ1n) is 8.84. The largest absolute Gasteiger partial charge is 0.337 e. The number of nitrogens with zero attached hydrogens (tertiary/aromatic N) is 4. The predicted octanol–water partition coefficient (Wildman–Crippen LogP) is 2.77. The number of likely N-dealkylation sites (tertiary alicyclic amines) is 1. The molecular weight excluding hydrogens is 314 g/mol. The van der Waals surface area contributed by atoms with Crippen molar-refractivity contribution in [3.63, 3.8) is 0 Å². The predicted molar refractivity (Wildman–Crippen MR) is 95.6 cm³/mol. The SMILES string of the molecule is Cc1cn[nH]c1C[C@H]1CCCN(C(=O)c2cn3c(C)cccc3n2)C1. The minimum absolute atomic E-state index is 0.0362. The van der Waals surface area contributed by atoms with Crippen molar-refractivity contribution in [3.8, 4) is 0 Å². The Balaban J connectivity index is 1.51. The Morgan fingerprint density at radius 2 is 2.24 bits per heavy atom. The van der Waals surface area contributed by atoms with Crippen LogP contribution >= 0.6 is 0 Å². The number of fused-ring (bicyclic) bond motifs is 1. The van der Waals surface area contributed by atoms with Crippen LogP contribution in [0.1, 0.15) is 40.3 Å². The molecule has 0 radical (unpaired) electrons. The average molecular weight is 337 g/mol. The second-order valence-electron chi connectivity index (χ2n) is 7.02. The molecule has 0 spiro atoms. The van der Waals surface area contributed by atoms with E-state index in [0.29, 0.717) is 11.6 Å². The molecule has 0 saturated carbocycles. The van der Waals surface area contributed by atoms with Crippen LogP contribution in [-0.2, 0) is 6.42 Å². The Morgan fingerprint density at radius 3 is 3.00 bits per heavy atom. The zero-order valence-corrected chi connectivity index (χ0v) is 14.7. The number of imidazole rings is 1. The van der Waals surface area contributed by atoms with Crippen LogP contribution in [0.15, 0.2) is 30.6 Å². The normalized spacial score (nSPS) is 18.0. The van der Waals surface area contributed by atoms with Gasteiger partial charge in [-0.25, -0.2) is 4.98 Å². The monoisotopic (exact) mass is 337 g/mol. The number of aryl methyl sites for hydroxylation is 2. The molecule has 6 heteroatoms. The minimum Gasteiger partial charge on any atom is -0.337 e. The first-order valence-corrected chi connectivity index (χ1v) is 8.84. The van der Waals surface area contributed by atoms with Gasteiger partial charge in [0.2, 0.25) is 0 Å². The van der Waals surface area contributed by atoms with Crippen LogP contribution in [0, 0.1) is 19.8 Å². The third-order valence-electron chi connectivity index (χ3n) is 5.15. The Bertz CT molecular complexity index is 910. The number of hydrogen-bond acceptors (Lipinski definition) is 3. The lowest BCUT2D eigenvalue weighted by molar-refractivity contribution is 0.0667. The quantitative estimate of drug-likeness (QED) is 0.799. The fraction of sp³-hybridized carbons (Fsp3) is 0.421. The van der Waals surface area contributed by atoms with E-state index in [0.717, 1.165) is 43.7 Å². The Kier molecular flexibility index (Phi) is 4.03. The molecule has 1 fully saturated rings. The highest BCUT2D eigenvalue weighted by Gasteiger charge is 2.26. The molecule has 0 bridgehead atoms. The lowest BCUT2D eigenvalue weighted by atomic mass is 9.92. The van der Waals surface area contributed by atoms with Crippen molar-refractivity contribution < 1.29 is 4.79 Å². The summed E-state index contributed by atoms with van der Waals surface area (Å²) in [6.45, 7) is 5.68. The summed E-state index contributed by atoms with van der Waals surface area (Å²) in [5, 5.41) is 7.19. The van der Waals surface area contributed by atoms with E-state index in [-0.39, 0.29) is 5.91 Å². The van der Waals surface area contributed by atoms with Crippen molar-refractivity contribution in [2.75, 3.05) is 13.1 Å². The molecule has 1 amide bonds. The number of H-pyrrole nitrogens is 1. The lowest BCUT2D eigenvalue weighted by Gasteiger charge is -2.32. The highest BCUT2D eigenvalue weighted by molar-refractivity contribution is 5.93. The number of amides is 1. The summed E-state index contributed by atoms with van der Waals surface area (Å²) in [5.41, 5.74) is 4.81. The van der Waals surface area contributed by atoms with Crippen LogP contribution in [0.25, 0.3) is 5.65 Å². The number of hydrogen-bond donors (Lipinski definition) is 1. The summed E-state index contributed by atoms with van der Waals surface area (Å²) >= 11 is 0. The number of piperidine rings is 1. The van der Waals surface area contributed by atoms with Crippen molar-refractivity contribution in [2.24, 2.45) is 5.92 Å². The zero-order valence-electron chi connectivity index (χ0n) is 14.7. The maximum absolute atomic E-state index is 12.9. The third kappa shape index (κ3) is 3.04. The van der Waals surface area contributed by atoms with Crippen LogP contribution in [0.4, 0.5) is 0 Å². The van der Waals surface area contributed by atoms with Gasteiger partial charge in [0, 0.05) is 30.7 Å². The summed E-state index contributed by atoms with van der Waals surface area (Å²) < 4.78 is 1.97. The summed E-state index contributed by atoms with van der Waals surface area (Å²) in [6, 6.07) is 5.92. The molecule has 3 aromatic rings. The van der Waals surface area contributed by atoms with E-state index >= 15 is 0 Å². The third-order valence-corrected chi connectivity index (χ3v) is 5.15. The van der Waals surface area contributed by atoms with Gasteiger partial charge in [0.1, 0.15) is 11.3 Å². The zero-order chi connectivity index (χ0) is 17.4. The maximum Gasteiger partial charge on any atom is 0.274 e. The van der Waals surface area contributed by atoms with E-state index in [1.807, 2.05) is 46.8 Å². The van der Waals surface area contributed by atoms with Gasteiger partial charge in [-0.2, -0.15) is 5.10 Å². The van der Waals surface area contributed by atoms with Crippen molar-refractivity contribution in [1.82, 2.24) is 24.5 Å². The number of rotatable bonds is 3. The van der Waals surface area contributed by atoms with Crippen molar-refractivity contribution in [1.29, 1.82) is 0 Å². The second-order valence-corrected chi connectivity index (χ2v) is 7.02. The van der Waals surface area contributed by atoms with Gasteiger partial charge in [0.25, 0.3) is 5.91 Å². The van der Waals surface area contributed by atoms with Crippen molar-refractivity contribution in [2.45, 2.75) is 33.1 Å². The topological polar surface area (TPSA) is 66.3 Å². The number of carbonyl (C=O) groups is 1. The summed E-state index contributed by atoms with van der Waals surface area (Å²) in [7, 11) is 0. The van der Waals surface area contributed by atoms with Crippen molar-refractivity contribution >= 4 is 11.6 Å². The first kappa shape index (κ1) is 15.9. The minimum atomic E-state index is 0.0362. The molecule has 6 nitrogen and oxygen atoms in total. The van der Waals surface area contributed by atoms with Crippen LogP contribution in [0.5, 0.6) is 0 Å². The average Bonchev–Trinajstić information content (AvgIpc) is 3.22. The van der Waals surface area contributed by atoms with Gasteiger partial charge in [-0.15, -0.1) is 0 Å². The Labute approximate surface area is 146 Å². The molecule has 1 saturated heterocycles. The fourth-order valence-corrected chi connectivity index (χ4v) is 3.70. The second kappa shape index (κ2) is 6.35. The molecule has 4 heterocycles. The molecule has 1 N–H and O–H groups in total. The molecule has 0 unspecified atom stereocenters. The number of pyridine rings is 1. The van der Waals surface area contributed by atoms with E-state index in [1.165, 1.54) is 11.3 Å². The summed E-state index contributed by atoms with van der Waals surface area (Å²) in [5.74, 6) is 0.504. The smallest absolute Gasteiger partial charge is 0.274 e. The van der Waals surface area contributed by atoms with Gasteiger partial charge >= 0.3 is 0 Å². The van der Waals surface area contributed by atoms with Gasteiger partial charge in [0.05, 0.1) is 6.20 Å². The van der Waals surface area contributed by atoms with Crippen LogP contribution in [0.3, 0.4) is 0 Å². The summed E-state index contributed by atoms with van der Waals surface area (Å²) in [4.78, 5) is 19.4. The Hall–Kier alpha value is -2.63. The molecule has 0 aromatic carbocycles. The molecule has 25 heavy (non-hydrogen) atoms. The standard InChI is InChI=1S/C19H23N5O/c1-13-10-20-22-16(13)9-15-6-4-8-23(11-15)19(25)17-12-24-14(2)5-3-7-18(24)21-17/h3,5,7,10,12,15H,4,6,8-9,11H2,1-2H3,(H,20,22)/t15-/m1/s1. The number of carbonyl (C=O) groups excluding carboxylic acids is 1. The molecule has 4 rings (SSSR count). The van der Waals surface area contributed by atoms with Crippen molar-refractivity contribution in [3.05, 3.63) is 53.2 Å². The first-order chi connectivity index (χ1) is 12.1. The molecule has 130 valence electrons.